The Bertz CT molecular complexity index is 521. The molecule has 0 spiro atoms. The van der Waals surface area contributed by atoms with Crippen LogP contribution < -0.4 is 5.73 Å². The minimum atomic E-state index is -0.878. The fourth-order valence-electron chi connectivity index (χ4n) is 1.39. The van der Waals surface area contributed by atoms with Gasteiger partial charge in [-0.2, -0.15) is 0 Å². The molecular weight excluding hydrogens is 259 g/mol. The summed E-state index contributed by atoms with van der Waals surface area (Å²) < 4.78 is 38.8. The van der Waals surface area contributed by atoms with Crippen LogP contribution in [0.4, 0.5) is 18.9 Å². The summed E-state index contributed by atoms with van der Waals surface area (Å²) in [5.74, 6) is -1.80. The minimum Gasteiger partial charge on any atom is -0.396 e. The van der Waals surface area contributed by atoms with Crippen molar-refractivity contribution in [3.8, 4) is 0 Å². The molecule has 94 valence electrons. The number of benzene rings is 2. The van der Waals surface area contributed by atoms with Gasteiger partial charge in [-0.25, -0.2) is 13.2 Å². The number of anilines is 1. The molecule has 2 rings (SSSR count). The first-order valence-corrected chi connectivity index (χ1v) is 6.16. The second kappa shape index (κ2) is 5.35. The van der Waals surface area contributed by atoms with Crippen molar-refractivity contribution in [2.24, 2.45) is 0 Å². The van der Waals surface area contributed by atoms with Crippen molar-refractivity contribution in [2.45, 2.75) is 10.6 Å². The monoisotopic (exact) mass is 269 g/mol. The summed E-state index contributed by atoms with van der Waals surface area (Å²) in [6.07, 6.45) is 0. The van der Waals surface area contributed by atoms with Gasteiger partial charge in [0.1, 0.15) is 5.82 Å². The second-order valence-corrected chi connectivity index (χ2v) is 4.77. The van der Waals surface area contributed by atoms with Crippen LogP contribution in [-0.2, 0) is 5.75 Å². The summed E-state index contributed by atoms with van der Waals surface area (Å²) >= 11 is 1.33. The van der Waals surface area contributed by atoms with E-state index in [0.717, 1.165) is 12.1 Å². The number of nitrogens with two attached hydrogens (primary N) is 1. The van der Waals surface area contributed by atoms with E-state index in [1.165, 1.54) is 30.0 Å². The van der Waals surface area contributed by atoms with Crippen LogP contribution in [0.15, 0.2) is 41.3 Å². The van der Waals surface area contributed by atoms with E-state index in [2.05, 4.69) is 0 Å². The summed E-state index contributed by atoms with van der Waals surface area (Å²) in [5, 5.41) is 0. The van der Waals surface area contributed by atoms with Gasteiger partial charge in [0.2, 0.25) is 0 Å². The van der Waals surface area contributed by atoms with Crippen LogP contribution in [0.2, 0.25) is 0 Å². The highest BCUT2D eigenvalue weighted by Gasteiger charge is 2.04. The highest BCUT2D eigenvalue weighted by atomic mass is 32.2. The lowest BCUT2D eigenvalue weighted by Gasteiger charge is -2.04. The lowest BCUT2D eigenvalue weighted by molar-refractivity contribution is 0.507. The van der Waals surface area contributed by atoms with Crippen molar-refractivity contribution in [1.29, 1.82) is 0 Å². The van der Waals surface area contributed by atoms with Gasteiger partial charge in [0.15, 0.2) is 11.6 Å². The summed E-state index contributed by atoms with van der Waals surface area (Å²) in [4.78, 5) is 0.687. The van der Waals surface area contributed by atoms with Crippen molar-refractivity contribution in [3.63, 3.8) is 0 Å². The third-order valence-corrected chi connectivity index (χ3v) is 3.43. The second-order valence-electron chi connectivity index (χ2n) is 3.72. The van der Waals surface area contributed by atoms with Gasteiger partial charge < -0.3 is 5.73 Å². The summed E-state index contributed by atoms with van der Waals surface area (Å²) in [6.45, 7) is 0. The molecule has 0 aliphatic heterocycles. The van der Waals surface area contributed by atoms with Gasteiger partial charge in [-0.3, -0.25) is 0 Å². The molecule has 0 fully saturated rings. The first kappa shape index (κ1) is 12.8. The minimum absolute atomic E-state index is 0.0900. The van der Waals surface area contributed by atoms with E-state index in [1.807, 2.05) is 0 Å². The molecule has 0 radical (unpaired) electrons. The SMILES string of the molecule is Nc1ccc(SCc2ccc(F)c(F)c2)cc1F. The Labute approximate surface area is 107 Å². The molecule has 0 bridgehead atoms. The predicted octanol–water partition coefficient (Wildman–Crippen LogP) is 3.98. The van der Waals surface area contributed by atoms with Crippen molar-refractivity contribution in [1.82, 2.24) is 0 Å². The third kappa shape index (κ3) is 2.98. The van der Waals surface area contributed by atoms with Crippen LogP contribution >= 0.6 is 11.8 Å². The summed E-state index contributed by atoms with van der Waals surface area (Å²) in [5.41, 5.74) is 6.08. The fourth-order valence-corrected chi connectivity index (χ4v) is 2.26. The van der Waals surface area contributed by atoms with Crippen LogP contribution in [0.25, 0.3) is 0 Å². The van der Waals surface area contributed by atoms with Gasteiger partial charge in [0, 0.05) is 10.6 Å². The topological polar surface area (TPSA) is 26.0 Å². The molecule has 18 heavy (non-hydrogen) atoms. The molecule has 0 amide bonds. The molecule has 5 heteroatoms. The quantitative estimate of drug-likeness (QED) is 0.673. The zero-order chi connectivity index (χ0) is 13.1. The lowest BCUT2D eigenvalue weighted by atomic mass is 10.2. The van der Waals surface area contributed by atoms with Gasteiger partial charge in [0.25, 0.3) is 0 Å². The fraction of sp³-hybridized carbons (Fsp3) is 0.0769. The molecule has 0 unspecified atom stereocenters. The molecule has 0 heterocycles. The van der Waals surface area contributed by atoms with Gasteiger partial charge in [-0.1, -0.05) is 6.07 Å². The van der Waals surface area contributed by atoms with E-state index in [1.54, 1.807) is 6.07 Å². The van der Waals surface area contributed by atoms with Crippen molar-refractivity contribution < 1.29 is 13.2 Å². The Morgan fingerprint density at radius 1 is 0.889 bits per heavy atom. The molecule has 0 saturated carbocycles. The van der Waals surface area contributed by atoms with E-state index in [0.29, 0.717) is 16.2 Å². The van der Waals surface area contributed by atoms with Gasteiger partial charge in [-0.15, -0.1) is 11.8 Å². The average Bonchev–Trinajstić information content (AvgIpc) is 2.35. The molecule has 0 aromatic heterocycles. The average molecular weight is 269 g/mol. The van der Waals surface area contributed by atoms with Crippen molar-refractivity contribution in [2.75, 3.05) is 5.73 Å². The summed E-state index contributed by atoms with van der Waals surface area (Å²) in [7, 11) is 0. The molecule has 2 N–H and O–H groups in total. The molecule has 1 nitrogen and oxygen atoms in total. The van der Waals surface area contributed by atoms with E-state index >= 15 is 0 Å². The van der Waals surface area contributed by atoms with Crippen molar-refractivity contribution >= 4 is 17.4 Å². The van der Waals surface area contributed by atoms with Crippen LogP contribution in [0.3, 0.4) is 0 Å². The standard InChI is InChI=1S/C13H10F3NS/c14-10-3-1-8(5-11(10)15)7-18-9-2-4-13(17)12(16)6-9/h1-6H,7,17H2. The smallest absolute Gasteiger partial charge is 0.159 e. The van der Waals surface area contributed by atoms with E-state index < -0.39 is 17.5 Å². The number of rotatable bonds is 3. The highest BCUT2D eigenvalue weighted by Crippen LogP contribution is 2.25. The maximum atomic E-state index is 13.2. The number of hydrogen-bond acceptors (Lipinski definition) is 2. The molecule has 2 aromatic rings. The Morgan fingerprint density at radius 2 is 1.67 bits per heavy atom. The first-order chi connectivity index (χ1) is 8.56. The molecule has 2 aromatic carbocycles. The Kier molecular flexibility index (Phi) is 3.81. The molecule has 0 aliphatic carbocycles. The van der Waals surface area contributed by atoms with Crippen molar-refractivity contribution in [3.05, 3.63) is 59.4 Å². The van der Waals surface area contributed by atoms with E-state index in [9.17, 15) is 13.2 Å². The number of thioether (sulfide) groups is 1. The first-order valence-electron chi connectivity index (χ1n) is 5.18. The van der Waals surface area contributed by atoms with Gasteiger partial charge in [-0.05, 0) is 35.9 Å². The highest BCUT2D eigenvalue weighted by molar-refractivity contribution is 7.98. The predicted molar refractivity (Wildman–Crippen MR) is 66.7 cm³/mol. The van der Waals surface area contributed by atoms with Crippen LogP contribution in [0, 0.1) is 17.5 Å². The zero-order valence-corrected chi connectivity index (χ0v) is 10.1. The largest absolute Gasteiger partial charge is 0.396 e. The number of hydrogen-bond donors (Lipinski definition) is 1. The zero-order valence-electron chi connectivity index (χ0n) is 9.29. The van der Waals surface area contributed by atoms with Crippen LogP contribution in [-0.4, -0.2) is 0 Å². The Balaban J connectivity index is 2.06. The van der Waals surface area contributed by atoms with Gasteiger partial charge in [0.05, 0.1) is 5.69 Å². The summed E-state index contributed by atoms with van der Waals surface area (Å²) in [6, 6.07) is 8.19. The van der Waals surface area contributed by atoms with E-state index in [4.69, 9.17) is 5.73 Å². The molecule has 0 aliphatic rings. The lowest BCUT2D eigenvalue weighted by Crippen LogP contribution is -1.90. The number of halogens is 3. The van der Waals surface area contributed by atoms with Gasteiger partial charge >= 0.3 is 0 Å². The molecule has 0 saturated heterocycles. The third-order valence-electron chi connectivity index (χ3n) is 2.36. The van der Waals surface area contributed by atoms with Crippen LogP contribution in [0.5, 0.6) is 0 Å². The maximum Gasteiger partial charge on any atom is 0.159 e. The molecular formula is C13H10F3NS. The molecule has 0 atom stereocenters. The normalized spacial score (nSPS) is 10.6. The Morgan fingerprint density at radius 3 is 2.33 bits per heavy atom. The van der Waals surface area contributed by atoms with E-state index in [-0.39, 0.29) is 5.69 Å². The Hall–Kier alpha value is -1.62. The number of nitrogen functional groups attached to an aromatic ring is 1. The maximum absolute atomic E-state index is 13.2. The van der Waals surface area contributed by atoms with Crippen LogP contribution in [0.1, 0.15) is 5.56 Å².